The first kappa shape index (κ1) is 14.7. The van der Waals surface area contributed by atoms with E-state index in [9.17, 15) is 4.79 Å². The number of carbonyl (C=O) groups is 1. The molecular weight excluding hydrogens is 276 g/mol. The molecule has 1 aliphatic heterocycles. The molecule has 0 bridgehead atoms. The zero-order chi connectivity index (χ0) is 14.4. The van der Waals surface area contributed by atoms with Crippen molar-refractivity contribution in [3.63, 3.8) is 0 Å². The highest BCUT2D eigenvalue weighted by Crippen LogP contribution is 2.13. The maximum atomic E-state index is 11.7. The van der Waals surface area contributed by atoms with Crippen molar-refractivity contribution in [1.82, 2.24) is 4.90 Å². The van der Waals surface area contributed by atoms with E-state index < -0.39 is 0 Å². The lowest BCUT2D eigenvalue weighted by atomic mass is 10.2. The molecule has 0 unspecified atom stereocenters. The number of nitrogens with one attached hydrogen (secondary N) is 1. The minimum Gasteiger partial charge on any atom is -0.462 e. The molecule has 1 aromatic rings. The molecule has 1 aliphatic rings. The molecule has 0 amide bonds. The maximum absolute atomic E-state index is 11.7. The van der Waals surface area contributed by atoms with Gasteiger partial charge in [-0.2, -0.15) is 0 Å². The van der Waals surface area contributed by atoms with E-state index in [1.54, 1.807) is 25.1 Å². The average Bonchev–Trinajstić information content (AvgIpc) is 2.48. The van der Waals surface area contributed by atoms with Crippen LogP contribution in [-0.2, 0) is 9.47 Å². The summed E-state index contributed by atoms with van der Waals surface area (Å²) in [6.07, 6.45) is 0. The van der Waals surface area contributed by atoms with Gasteiger partial charge in [-0.1, -0.05) is 6.07 Å². The SMILES string of the molecule is CCOC(=O)c1cccc(NC(=S)N2CCOCC2)c1. The Bertz CT molecular complexity index is 487. The molecule has 1 saturated heterocycles. The van der Waals surface area contributed by atoms with Crippen LogP contribution in [0, 0.1) is 0 Å². The van der Waals surface area contributed by atoms with Crippen molar-refractivity contribution in [2.45, 2.75) is 6.92 Å². The summed E-state index contributed by atoms with van der Waals surface area (Å²) in [4.78, 5) is 13.7. The summed E-state index contributed by atoms with van der Waals surface area (Å²) in [6, 6.07) is 7.14. The normalized spacial score (nSPS) is 14.8. The molecular formula is C14H18N2O3S. The van der Waals surface area contributed by atoms with Gasteiger partial charge in [-0.25, -0.2) is 4.79 Å². The lowest BCUT2D eigenvalue weighted by Crippen LogP contribution is -2.42. The topological polar surface area (TPSA) is 50.8 Å². The summed E-state index contributed by atoms with van der Waals surface area (Å²) >= 11 is 5.36. The number of anilines is 1. The van der Waals surface area contributed by atoms with Crippen molar-refractivity contribution >= 4 is 29.0 Å². The first-order valence-corrected chi connectivity index (χ1v) is 7.02. The number of ether oxygens (including phenoxy) is 2. The van der Waals surface area contributed by atoms with Gasteiger partial charge in [-0.15, -0.1) is 0 Å². The van der Waals surface area contributed by atoms with Crippen molar-refractivity contribution in [2.75, 3.05) is 38.2 Å². The molecule has 108 valence electrons. The second kappa shape index (κ2) is 7.21. The van der Waals surface area contributed by atoms with Gasteiger partial charge in [-0.05, 0) is 37.3 Å². The Hall–Kier alpha value is -1.66. The molecule has 0 radical (unpaired) electrons. The molecule has 1 heterocycles. The molecule has 0 aliphatic carbocycles. The number of nitrogens with zero attached hydrogens (tertiary/aromatic N) is 1. The van der Waals surface area contributed by atoms with Gasteiger partial charge in [0.25, 0.3) is 0 Å². The predicted octanol–water partition coefficient (Wildman–Crippen LogP) is 1.89. The van der Waals surface area contributed by atoms with E-state index >= 15 is 0 Å². The highest BCUT2D eigenvalue weighted by Gasteiger charge is 2.14. The van der Waals surface area contributed by atoms with Gasteiger partial charge in [0.2, 0.25) is 0 Å². The van der Waals surface area contributed by atoms with E-state index in [1.165, 1.54) is 0 Å². The third kappa shape index (κ3) is 3.91. The summed E-state index contributed by atoms with van der Waals surface area (Å²) in [5.74, 6) is -0.326. The van der Waals surface area contributed by atoms with E-state index in [0.29, 0.717) is 30.5 Å². The molecule has 1 aromatic carbocycles. The summed E-state index contributed by atoms with van der Waals surface area (Å²) in [5, 5.41) is 3.79. The van der Waals surface area contributed by atoms with Crippen LogP contribution in [0.3, 0.4) is 0 Å². The molecule has 0 aromatic heterocycles. The van der Waals surface area contributed by atoms with Crippen LogP contribution < -0.4 is 5.32 Å². The quantitative estimate of drug-likeness (QED) is 0.679. The zero-order valence-corrected chi connectivity index (χ0v) is 12.2. The highest BCUT2D eigenvalue weighted by atomic mass is 32.1. The van der Waals surface area contributed by atoms with Gasteiger partial charge in [0.05, 0.1) is 25.4 Å². The number of hydrogen-bond acceptors (Lipinski definition) is 4. The maximum Gasteiger partial charge on any atom is 0.338 e. The van der Waals surface area contributed by atoms with Crippen LogP contribution in [0.1, 0.15) is 17.3 Å². The lowest BCUT2D eigenvalue weighted by molar-refractivity contribution is 0.0526. The minimum absolute atomic E-state index is 0.326. The van der Waals surface area contributed by atoms with Crippen LogP contribution in [-0.4, -0.2) is 48.9 Å². The second-order valence-electron chi connectivity index (χ2n) is 4.33. The van der Waals surface area contributed by atoms with E-state index in [2.05, 4.69) is 10.2 Å². The number of morpholine rings is 1. The monoisotopic (exact) mass is 294 g/mol. The van der Waals surface area contributed by atoms with Gasteiger partial charge in [-0.3, -0.25) is 0 Å². The first-order chi connectivity index (χ1) is 9.70. The predicted molar refractivity (Wildman–Crippen MR) is 81.0 cm³/mol. The van der Waals surface area contributed by atoms with Crippen LogP contribution in [0.4, 0.5) is 5.69 Å². The van der Waals surface area contributed by atoms with E-state index in [1.807, 2.05) is 6.07 Å². The minimum atomic E-state index is -0.326. The molecule has 5 nitrogen and oxygen atoms in total. The highest BCUT2D eigenvalue weighted by molar-refractivity contribution is 7.80. The second-order valence-corrected chi connectivity index (χ2v) is 4.72. The standard InChI is InChI=1S/C14H18N2O3S/c1-2-19-13(17)11-4-3-5-12(10-11)15-14(20)16-6-8-18-9-7-16/h3-5,10H,2,6-9H2,1H3,(H,15,20). The number of benzene rings is 1. The van der Waals surface area contributed by atoms with Crippen LogP contribution in [0.15, 0.2) is 24.3 Å². The number of hydrogen-bond donors (Lipinski definition) is 1. The van der Waals surface area contributed by atoms with Crippen molar-refractivity contribution in [3.05, 3.63) is 29.8 Å². The molecule has 0 saturated carbocycles. The number of esters is 1. The van der Waals surface area contributed by atoms with Crippen LogP contribution in [0.25, 0.3) is 0 Å². The number of rotatable bonds is 3. The summed E-state index contributed by atoms with van der Waals surface area (Å²) in [5.41, 5.74) is 1.30. The van der Waals surface area contributed by atoms with Crippen molar-refractivity contribution in [3.8, 4) is 0 Å². The van der Waals surface area contributed by atoms with E-state index in [-0.39, 0.29) is 5.97 Å². The van der Waals surface area contributed by atoms with Crippen molar-refractivity contribution in [1.29, 1.82) is 0 Å². The van der Waals surface area contributed by atoms with Gasteiger partial charge < -0.3 is 19.7 Å². The van der Waals surface area contributed by atoms with Gasteiger partial charge in [0.15, 0.2) is 5.11 Å². The average molecular weight is 294 g/mol. The first-order valence-electron chi connectivity index (χ1n) is 6.61. The van der Waals surface area contributed by atoms with E-state index in [0.717, 1.165) is 18.8 Å². The zero-order valence-electron chi connectivity index (χ0n) is 11.4. The molecule has 6 heteroatoms. The van der Waals surface area contributed by atoms with Gasteiger partial charge >= 0.3 is 5.97 Å². The number of carbonyl (C=O) groups excluding carboxylic acids is 1. The summed E-state index contributed by atoms with van der Waals surface area (Å²) in [6.45, 7) is 5.08. The Kier molecular flexibility index (Phi) is 5.31. The Labute approximate surface area is 123 Å². The molecule has 20 heavy (non-hydrogen) atoms. The molecule has 2 rings (SSSR count). The van der Waals surface area contributed by atoms with Crippen LogP contribution in [0.2, 0.25) is 0 Å². The van der Waals surface area contributed by atoms with E-state index in [4.69, 9.17) is 21.7 Å². The molecule has 1 N–H and O–H groups in total. The lowest BCUT2D eigenvalue weighted by Gasteiger charge is -2.29. The third-order valence-electron chi connectivity index (χ3n) is 2.92. The molecule has 0 spiro atoms. The fourth-order valence-electron chi connectivity index (χ4n) is 1.91. The van der Waals surface area contributed by atoms with Crippen molar-refractivity contribution < 1.29 is 14.3 Å². The van der Waals surface area contributed by atoms with Crippen molar-refractivity contribution in [2.24, 2.45) is 0 Å². The van der Waals surface area contributed by atoms with Crippen LogP contribution >= 0.6 is 12.2 Å². The molecule has 0 atom stereocenters. The Balaban J connectivity index is 2.00. The number of thiocarbonyl (C=S) groups is 1. The van der Waals surface area contributed by atoms with Gasteiger partial charge in [0, 0.05) is 18.8 Å². The largest absolute Gasteiger partial charge is 0.462 e. The Morgan fingerprint density at radius 1 is 1.45 bits per heavy atom. The molecule has 1 fully saturated rings. The Morgan fingerprint density at radius 2 is 2.20 bits per heavy atom. The third-order valence-corrected chi connectivity index (χ3v) is 3.28. The van der Waals surface area contributed by atoms with Crippen LogP contribution in [0.5, 0.6) is 0 Å². The van der Waals surface area contributed by atoms with Gasteiger partial charge in [0.1, 0.15) is 0 Å². The summed E-state index contributed by atoms with van der Waals surface area (Å²) in [7, 11) is 0. The Morgan fingerprint density at radius 3 is 2.90 bits per heavy atom. The fraction of sp³-hybridized carbons (Fsp3) is 0.429. The fourth-order valence-corrected chi connectivity index (χ4v) is 2.21. The smallest absolute Gasteiger partial charge is 0.338 e. The summed E-state index contributed by atoms with van der Waals surface area (Å²) < 4.78 is 10.3.